The predicted octanol–water partition coefficient (Wildman–Crippen LogP) is 2.63. The van der Waals surface area contributed by atoms with E-state index in [2.05, 4.69) is 22.4 Å². The standard InChI is InChI=1S/C14H25N3O2/c1-3-9-18-10-13-16-14(19-17-13)11-7-5-4-6-8-12(11)15-2/h11-12,15H,3-10H2,1-2H3. The zero-order chi connectivity index (χ0) is 13.5. The molecule has 5 nitrogen and oxygen atoms in total. The van der Waals surface area contributed by atoms with E-state index in [4.69, 9.17) is 9.26 Å². The lowest BCUT2D eigenvalue weighted by Crippen LogP contribution is -2.31. The van der Waals surface area contributed by atoms with Crippen LogP contribution in [0.3, 0.4) is 0 Å². The van der Waals surface area contributed by atoms with Crippen LogP contribution in [0.15, 0.2) is 4.52 Å². The van der Waals surface area contributed by atoms with Crippen molar-refractivity contribution in [3.63, 3.8) is 0 Å². The fraction of sp³-hybridized carbons (Fsp3) is 0.857. The fourth-order valence-electron chi connectivity index (χ4n) is 2.73. The molecule has 108 valence electrons. The van der Waals surface area contributed by atoms with Crippen LogP contribution in [-0.2, 0) is 11.3 Å². The summed E-state index contributed by atoms with van der Waals surface area (Å²) in [6.45, 7) is 3.28. The second-order valence-corrected chi connectivity index (χ2v) is 5.24. The van der Waals surface area contributed by atoms with E-state index in [-0.39, 0.29) is 0 Å². The lowest BCUT2D eigenvalue weighted by Gasteiger charge is -2.20. The van der Waals surface area contributed by atoms with Crippen LogP contribution in [-0.4, -0.2) is 29.8 Å². The van der Waals surface area contributed by atoms with Crippen LogP contribution >= 0.6 is 0 Å². The highest BCUT2D eigenvalue weighted by Crippen LogP contribution is 2.30. The van der Waals surface area contributed by atoms with E-state index in [1.54, 1.807) is 0 Å². The second kappa shape index (κ2) is 7.60. The molecule has 0 saturated heterocycles. The first-order chi connectivity index (χ1) is 9.35. The molecule has 0 amide bonds. The van der Waals surface area contributed by atoms with Gasteiger partial charge in [-0.3, -0.25) is 0 Å². The van der Waals surface area contributed by atoms with E-state index < -0.39 is 0 Å². The van der Waals surface area contributed by atoms with Crippen LogP contribution in [0.2, 0.25) is 0 Å². The highest BCUT2D eigenvalue weighted by atomic mass is 16.5. The Hall–Kier alpha value is -0.940. The maximum atomic E-state index is 5.45. The van der Waals surface area contributed by atoms with Gasteiger partial charge in [0.2, 0.25) is 5.89 Å². The van der Waals surface area contributed by atoms with E-state index in [1.807, 2.05) is 7.05 Å². The molecule has 1 aliphatic rings. The summed E-state index contributed by atoms with van der Waals surface area (Å²) in [4.78, 5) is 4.50. The maximum Gasteiger partial charge on any atom is 0.231 e. The summed E-state index contributed by atoms with van der Waals surface area (Å²) >= 11 is 0. The van der Waals surface area contributed by atoms with E-state index in [0.29, 0.717) is 24.4 Å². The van der Waals surface area contributed by atoms with Crippen LogP contribution in [0.25, 0.3) is 0 Å². The number of likely N-dealkylation sites (N-methyl/N-ethyl adjacent to an activating group) is 1. The molecular formula is C14H25N3O2. The molecule has 2 atom stereocenters. The van der Waals surface area contributed by atoms with Crippen molar-refractivity contribution >= 4 is 0 Å². The molecule has 0 aromatic carbocycles. The molecule has 0 aliphatic heterocycles. The zero-order valence-electron chi connectivity index (χ0n) is 12.0. The first-order valence-corrected chi connectivity index (χ1v) is 7.42. The van der Waals surface area contributed by atoms with Crippen LogP contribution in [0, 0.1) is 0 Å². The van der Waals surface area contributed by atoms with Crippen molar-refractivity contribution < 1.29 is 9.26 Å². The van der Waals surface area contributed by atoms with Gasteiger partial charge in [-0.15, -0.1) is 0 Å². The molecular weight excluding hydrogens is 242 g/mol. The Morgan fingerprint density at radius 1 is 1.32 bits per heavy atom. The molecule has 0 spiro atoms. The maximum absolute atomic E-state index is 5.45. The quantitative estimate of drug-likeness (QED) is 0.634. The Morgan fingerprint density at radius 2 is 2.16 bits per heavy atom. The number of hydrogen-bond acceptors (Lipinski definition) is 5. The summed E-state index contributed by atoms with van der Waals surface area (Å²) in [5.41, 5.74) is 0. The number of nitrogens with one attached hydrogen (secondary N) is 1. The van der Waals surface area contributed by atoms with Gasteiger partial charge in [0.15, 0.2) is 5.82 Å². The zero-order valence-corrected chi connectivity index (χ0v) is 12.0. The smallest absolute Gasteiger partial charge is 0.231 e. The van der Waals surface area contributed by atoms with Crippen molar-refractivity contribution in [1.82, 2.24) is 15.5 Å². The number of hydrogen-bond donors (Lipinski definition) is 1. The molecule has 2 unspecified atom stereocenters. The summed E-state index contributed by atoms with van der Waals surface area (Å²) in [6.07, 6.45) is 7.15. The third-order valence-corrected chi connectivity index (χ3v) is 3.77. The van der Waals surface area contributed by atoms with Crippen LogP contribution in [0.1, 0.15) is 63.1 Å². The Balaban J connectivity index is 1.98. The predicted molar refractivity (Wildman–Crippen MR) is 72.9 cm³/mol. The molecule has 0 radical (unpaired) electrons. The van der Waals surface area contributed by atoms with Crippen molar-refractivity contribution in [2.45, 2.75) is 64.0 Å². The Labute approximate surface area is 115 Å². The number of nitrogens with zero attached hydrogens (tertiary/aromatic N) is 2. The van der Waals surface area contributed by atoms with Crippen molar-refractivity contribution in [3.05, 3.63) is 11.7 Å². The minimum atomic E-state index is 0.347. The molecule has 1 aliphatic carbocycles. The monoisotopic (exact) mass is 267 g/mol. The van der Waals surface area contributed by atoms with Gasteiger partial charge in [0.1, 0.15) is 6.61 Å². The highest BCUT2D eigenvalue weighted by Gasteiger charge is 2.28. The summed E-state index contributed by atoms with van der Waals surface area (Å²) in [5, 5.41) is 7.42. The van der Waals surface area contributed by atoms with E-state index >= 15 is 0 Å². The molecule has 1 saturated carbocycles. The highest BCUT2D eigenvalue weighted by molar-refractivity contribution is 5.00. The van der Waals surface area contributed by atoms with Crippen molar-refractivity contribution in [2.75, 3.05) is 13.7 Å². The summed E-state index contributed by atoms with van der Waals surface area (Å²) in [5.74, 6) is 1.79. The summed E-state index contributed by atoms with van der Waals surface area (Å²) < 4.78 is 10.9. The van der Waals surface area contributed by atoms with Crippen LogP contribution in [0.5, 0.6) is 0 Å². The molecule has 5 heteroatoms. The summed E-state index contributed by atoms with van der Waals surface area (Å²) in [6, 6.07) is 0.451. The van der Waals surface area contributed by atoms with Crippen molar-refractivity contribution in [1.29, 1.82) is 0 Å². The fourth-order valence-corrected chi connectivity index (χ4v) is 2.73. The molecule has 1 heterocycles. The Morgan fingerprint density at radius 3 is 2.95 bits per heavy atom. The third-order valence-electron chi connectivity index (χ3n) is 3.77. The second-order valence-electron chi connectivity index (χ2n) is 5.24. The Bertz CT molecular complexity index is 367. The minimum Gasteiger partial charge on any atom is -0.373 e. The number of ether oxygens (including phenoxy) is 1. The van der Waals surface area contributed by atoms with Gasteiger partial charge in [-0.2, -0.15) is 4.98 Å². The largest absolute Gasteiger partial charge is 0.373 e. The average molecular weight is 267 g/mol. The lowest BCUT2D eigenvalue weighted by molar-refractivity contribution is 0.114. The normalized spacial score (nSPS) is 24.3. The van der Waals surface area contributed by atoms with E-state index in [1.165, 1.54) is 25.7 Å². The van der Waals surface area contributed by atoms with Gasteiger partial charge in [-0.25, -0.2) is 0 Å². The van der Waals surface area contributed by atoms with Gasteiger partial charge >= 0.3 is 0 Å². The molecule has 1 fully saturated rings. The van der Waals surface area contributed by atoms with Gasteiger partial charge < -0.3 is 14.6 Å². The topological polar surface area (TPSA) is 60.2 Å². The van der Waals surface area contributed by atoms with Gasteiger partial charge in [-0.1, -0.05) is 31.3 Å². The van der Waals surface area contributed by atoms with Crippen molar-refractivity contribution in [2.24, 2.45) is 0 Å². The van der Waals surface area contributed by atoms with Gasteiger partial charge in [0.05, 0.1) is 5.92 Å². The van der Waals surface area contributed by atoms with Gasteiger partial charge in [-0.05, 0) is 26.3 Å². The van der Waals surface area contributed by atoms with Crippen LogP contribution < -0.4 is 5.32 Å². The number of rotatable bonds is 6. The van der Waals surface area contributed by atoms with Gasteiger partial charge in [0.25, 0.3) is 0 Å². The first kappa shape index (κ1) is 14.5. The molecule has 1 aromatic heterocycles. The summed E-state index contributed by atoms with van der Waals surface area (Å²) in [7, 11) is 2.02. The average Bonchev–Trinajstić information content (AvgIpc) is 2.76. The molecule has 0 bridgehead atoms. The van der Waals surface area contributed by atoms with Crippen LogP contribution in [0.4, 0.5) is 0 Å². The molecule has 1 N–H and O–H groups in total. The minimum absolute atomic E-state index is 0.347. The molecule has 2 rings (SSSR count). The third kappa shape index (κ3) is 4.01. The molecule has 1 aromatic rings. The Kier molecular flexibility index (Phi) is 5.79. The SMILES string of the molecule is CCCOCc1noc(C2CCCCCC2NC)n1. The van der Waals surface area contributed by atoms with Crippen molar-refractivity contribution in [3.8, 4) is 0 Å². The van der Waals surface area contributed by atoms with Gasteiger partial charge in [0, 0.05) is 12.6 Å². The lowest BCUT2D eigenvalue weighted by atomic mass is 9.95. The van der Waals surface area contributed by atoms with E-state index in [9.17, 15) is 0 Å². The molecule has 19 heavy (non-hydrogen) atoms. The van der Waals surface area contributed by atoms with E-state index in [0.717, 1.165) is 25.3 Å². The number of aromatic nitrogens is 2. The first-order valence-electron chi connectivity index (χ1n) is 7.42.